The lowest BCUT2D eigenvalue weighted by Gasteiger charge is -2.15. The summed E-state index contributed by atoms with van der Waals surface area (Å²) < 4.78 is 16.2. The van der Waals surface area contributed by atoms with Gasteiger partial charge in [0, 0.05) is 38.9 Å². The molecule has 0 aliphatic heterocycles. The van der Waals surface area contributed by atoms with Gasteiger partial charge in [0.1, 0.15) is 12.4 Å². The molecule has 132 valence electrons. The third-order valence-electron chi connectivity index (χ3n) is 3.78. The summed E-state index contributed by atoms with van der Waals surface area (Å²) in [4.78, 5) is 15.2. The fraction of sp³-hybridized carbons (Fsp3) is 0.353. The van der Waals surface area contributed by atoms with Crippen LogP contribution in [0.4, 0.5) is 11.8 Å². The first-order chi connectivity index (χ1) is 12.0. The number of rotatable bonds is 6. The Hall–Kier alpha value is -2.87. The number of hydrogen-bond donors (Lipinski definition) is 1. The van der Waals surface area contributed by atoms with Gasteiger partial charge in [-0.25, -0.2) is 4.98 Å². The average Bonchev–Trinajstić information content (AvgIpc) is 2.60. The van der Waals surface area contributed by atoms with Crippen molar-refractivity contribution >= 4 is 33.6 Å². The molecule has 0 amide bonds. The summed E-state index contributed by atoms with van der Waals surface area (Å²) in [5.41, 5.74) is 7.54. The maximum Gasteiger partial charge on any atom is 0.227 e. The Morgan fingerprint density at radius 1 is 1.04 bits per heavy atom. The average molecular weight is 343 g/mol. The Balaban J connectivity index is 2.21. The number of fused-ring (bicyclic) bond motifs is 3. The molecule has 3 rings (SSSR count). The van der Waals surface area contributed by atoms with Gasteiger partial charge in [-0.2, -0.15) is 4.98 Å². The number of nitrogen functional groups attached to an aromatic ring is 1. The van der Waals surface area contributed by atoms with Crippen molar-refractivity contribution in [3.05, 3.63) is 18.3 Å². The zero-order valence-electron chi connectivity index (χ0n) is 14.7. The summed E-state index contributed by atoms with van der Waals surface area (Å²) in [7, 11) is 6.96. The third-order valence-corrected chi connectivity index (χ3v) is 3.78. The largest absolute Gasteiger partial charge is 0.493 e. The van der Waals surface area contributed by atoms with Crippen molar-refractivity contribution in [1.29, 1.82) is 0 Å². The standard InChI is InChI=1S/C17H21N5O3/c1-22(2)17-20-15-10-7-13(24-4)14(25-6-5-23-3)8-12(10)19-9-11(15)16(18)21-17/h7-9H,5-6H2,1-4H3,(H2,18,20,21). The van der Waals surface area contributed by atoms with Gasteiger partial charge in [-0.3, -0.25) is 4.98 Å². The highest BCUT2D eigenvalue weighted by atomic mass is 16.5. The van der Waals surface area contributed by atoms with Gasteiger partial charge in [0.15, 0.2) is 11.5 Å². The molecule has 0 saturated heterocycles. The van der Waals surface area contributed by atoms with Crippen molar-refractivity contribution < 1.29 is 14.2 Å². The molecule has 0 aliphatic carbocycles. The lowest BCUT2D eigenvalue weighted by Crippen LogP contribution is -2.14. The third kappa shape index (κ3) is 3.20. The van der Waals surface area contributed by atoms with E-state index in [0.717, 1.165) is 16.4 Å². The summed E-state index contributed by atoms with van der Waals surface area (Å²) in [5, 5.41) is 1.53. The molecule has 2 aromatic heterocycles. The van der Waals surface area contributed by atoms with Crippen molar-refractivity contribution in [2.24, 2.45) is 0 Å². The zero-order valence-corrected chi connectivity index (χ0v) is 14.7. The number of anilines is 2. The molecule has 25 heavy (non-hydrogen) atoms. The normalized spacial score (nSPS) is 11.0. The molecular weight excluding hydrogens is 322 g/mol. The van der Waals surface area contributed by atoms with E-state index in [1.807, 2.05) is 31.1 Å². The molecule has 0 fully saturated rings. The van der Waals surface area contributed by atoms with Crippen molar-refractivity contribution in [3.63, 3.8) is 0 Å². The Bertz CT molecular complexity index is 914. The highest BCUT2D eigenvalue weighted by Crippen LogP contribution is 2.35. The van der Waals surface area contributed by atoms with Crippen molar-refractivity contribution in [2.75, 3.05) is 52.2 Å². The Morgan fingerprint density at radius 2 is 1.84 bits per heavy atom. The minimum Gasteiger partial charge on any atom is -0.493 e. The van der Waals surface area contributed by atoms with Crippen LogP contribution in [0, 0.1) is 0 Å². The van der Waals surface area contributed by atoms with E-state index in [0.29, 0.717) is 41.9 Å². The van der Waals surface area contributed by atoms with Crippen molar-refractivity contribution in [2.45, 2.75) is 0 Å². The van der Waals surface area contributed by atoms with Crippen LogP contribution in [0.25, 0.3) is 21.8 Å². The molecule has 0 bridgehead atoms. The number of methoxy groups -OCH3 is 2. The Morgan fingerprint density at radius 3 is 2.52 bits per heavy atom. The van der Waals surface area contributed by atoms with E-state index in [1.54, 1.807) is 20.4 Å². The van der Waals surface area contributed by atoms with Crippen LogP contribution >= 0.6 is 0 Å². The maximum absolute atomic E-state index is 6.08. The van der Waals surface area contributed by atoms with Crippen LogP contribution < -0.4 is 20.1 Å². The summed E-state index contributed by atoms with van der Waals surface area (Å²) in [6, 6.07) is 3.69. The van der Waals surface area contributed by atoms with Crippen LogP contribution in [-0.2, 0) is 4.74 Å². The molecule has 8 heteroatoms. The molecule has 0 unspecified atom stereocenters. The summed E-state index contributed by atoms with van der Waals surface area (Å²) in [5.74, 6) is 2.13. The summed E-state index contributed by atoms with van der Waals surface area (Å²) in [6.45, 7) is 0.911. The summed E-state index contributed by atoms with van der Waals surface area (Å²) >= 11 is 0. The first-order valence-electron chi connectivity index (χ1n) is 7.78. The molecule has 0 radical (unpaired) electrons. The molecule has 8 nitrogen and oxygen atoms in total. The van der Waals surface area contributed by atoms with E-state index in [1.165, 1.54) is 0 Å². The van der Waals surface area contributed by atoms with Crippen LogP contribution in [0.1, 0.15) is 0 Å². The fourth-order valence-corrected chi connectivity index (χ4v) is 2.49. The van der Waals surface area contributed by atoms with Gasteiger partial charge in [-0.15, -0.1) is 0 Å². The molecule has 1 aromatic carbocycles. The van der Waals surface area contributed by atoms with E-state index in [9.17, 15) is 0 Å². The number of hydrogen-bond acceptors (Lipinski definition) is 8. The zero-order chi connectivity index (χ0) is 18.0. The van der Waals surface area contributed by atoms with E-state index in [-0.39, 0.29) is 0 Å². The monoisotopic (exact) mass is 343 g/mol. The van der Waals surface area contributed by atoms with E-state index in [4.69, 9.17) is 19.9 Å². The SMILES string of the molecule is COCCOc1cc2ncc3c(N)nc(N(C)C)nc3c2cc1OC. The number of nitrogens with two attached hydrogens (primary N) is 1. The Kier molecular flexibility index (Phi) is 4.71. The van der Waals surface area contributed by atoms with Gasteiger partial charge in [-0.05, 0) is 6.07 Å². The van der Waals surface area contributed by atoms with Gasteiger partial charge < -0.3 is 24.8 Å². The van der Waals surface area contributed by atoms with Gasteiger partial charge >= 0.3 is 0 Å². The highest BCUT2D eigenvalue weighted by molar-refractivity contribution is 6.07. The number of nitrogens with zero attached hydrogens (tertiary/aromatic N) is 4. The molecule has 2 heterocycles. The minimum absolute atomic E-state index is 0.391. The van der Waals surface area contributed by atoms with Crippen LogP contribution in [0.3, 0.4) is 0 Å². The molecule has 3 aromatic rings. The van der Waals surface area contributed by atoms with Crippen molar-refractivity contribution in [3.8, 4) is 11.5 Å². The predicted molar refractivity (Wildman–Crippen MR) is 97.5 cm³/mol. The second-order valence-electron chi connectivity index (χ2n) is 5.69. The highest BCUT2D eigenvalue weighted by Gasteiger charge is 2.14. The molecule has 2 N–H and O–H groups in total. The van der Waals surface area contributed by atoms with E-state index < -0.39 is 0 Å². The second kappa shape index (κ2) is 6.94. The predicted octanol–water partition coefficient (Wildman–Crippen LogP) is 1.86. The topological polar surface area (TPSA) is 95.6 Å². The van der Waals surface area contributed by atoms with Gasteiger partial charge in [-0.1, -0.05) is 0 Å². The van der Waals surface area contributed by atoms with E-state index >= 15 is 0 Å². The lowest BCUT2D eigenvalue weighted by atomic mass is 10.1. The van der Waals surface area contributed by atoms with E-state index in [2.05, 4.69) is 15.0 Å². The van der Waals surface area contributed by atoms with Gasteiger partial charge in [0.2, 0.25) is 5.95 Å². The fourth-order valence-electron chi connectivity index (χ4n) is 2.49. The van der Waals surface area contributed by atoms with Crippen LogP contribution in [0.15, 0.2) is 18.3 Å². The quantitative estimate of drug-likeness (QED) is 0.535. The minimum atomic E-state index is 0.391. The van der Waals surface area contributed by atoms with Crippen LogP contribution in [0.2, 0.25) is 0 Å². The first kappa shape index (κ1) is 17.0. The molecule has 0 aliphatic rings. The van der Waals surface area contributed by atoms with Crippen molar-refractivity contribution in [1.82, 2.24) is 15.0 Å². The smallest absolute Gasteiger partial charge is 0.227 e. The molecular formula is C17H21N5O3. The molecule has 0 saturated carbocycles. The van der Waals surface area contributed by atoms with Crippen LogP contribution in [0.5, 0.6) is 11.5 Å². The maximum atomic E-state index is 6.08. The van der Waals surface area contributed by atoms with Crippen LogP contribution in [-0.4, -0.2) is 56.5 Å². The number of benzene rings is 1. The number of pyridine rings is 1. The van der Waals surface area contributed by atoms with Gasteiger partial charge in [0.05, 0.1) is 30.1 Å². The first-order valence-corrected chi connectivity index (χ1v) is 7.78. The lowest BCUT2D eigenvalue weighted by molar-refractivity contribution is 0.144. The molecule has 0 spiro atoms. The summed E-state index contributed by atoms with van der Waals surface area (Å²) in [6.07, 6.45) is 1.68. The number of ether oxygens (including phenoxy) is 3. The van der Waals surface area contributed by atoms with Gasteiger partial charge in [0.25, 0.3) is 0 Å². The molecule has 0 atom stereocenters. The number of aromatic nitrogens is 3. The Labute approximate surface area is 145 Å². The second-order valence-corrected chi connectivity index (χ2v) is 5.69.